The van der Waals surface area contributed by atoms with Crippen molar-refractivity contribution in [1.29, 1.82) is 0 Å². The van der Waals surface area contributed by atoms with E-state index in [0.717, 1.165) is 16.6 Å². The zero-order valence-electron chi connectivity index (χ0n) is 16.5. The molecule has 156 valence electrons. The first-order valence-corrected chi connectivity index (χ1v) is 10.2. The van der Waals surface area contributed by atoms with E-state index in [9.17, 15) is 9.18 Å². The van der Waals surface area contributed by atoms with Gasteiger partial charge in [-0.05, 0) is 36.4 Å². The molecule has 0 bridgehead atoms. The number of pyridine rings is 2. The second kappa shape index (κ2) is 7.00. The van der Waals surface area contributed by atoms with Crippen molar-refractivity contribution in [1.82, 2.24) is 29.5 Å². The number of aromatic amines is 1. The molecule has 0 aliphatic rings. The Morgan fingerprint density at radius 3 is 2.81 bits per heavy atom. The molecule has 0 aliphatic carbocycles. The number of benzene rings is 2. The molecule has 0 unspecified atom stereocenters. The van der Waals surface area contributed by atoms with Crippen LogP contribution in [0, 0.1) is 5.82 Å². The van der Waals surface area contributed by atoms with Gasteiger partial charge >= 0.3 is 0 Å². The van der Waals surface area contributed by atoms with Crippen molar-refractivity contribution in [2.24, 2.45) is 0 Å². The summed E-state index contributed by atoms with van der Waals surface area (Å²) < 4.78 is 17.7. The van der Waals surface area contributed by atoms with Crippen LogP contribution < -0.4 is 5.56 Å². The lowest BCUT2D eigenvalue weighted by molar-refractivity contribution is 0.630. The van der Waals surface area contributed by atoms with Crippen LogP contribution in [0.2, 0.25) is 5.02 Å². The Hall–Kier alpha value is -4.04. The summed E-state index contributed by atoms with van der Waals surface area (Å²) >= 11 is 6.12. The fourth-order valence-electron chi connectivity index (χ4n) is 4.05. The second-order valence-corrected chi connectivity index (χ2v) is 7.85. The maximum Gasteiger partial charge on any atom is 0.284 e. The standard InChI is InChI=1S/C23H14ClFN6O/c24-17-9-21-14(8-18(17)25)16-12-30(11-13-4-1-2-7-26-13)29-22(16)23(32)31(21)20-6-3-5-19-15(20)10-27-28-19/h1-10,12H,11H2,(H,27,28). The summed E-state index contributed by atoms with van der Waals surface area (Å²) in [6.07, 6.45) is 5.09. The van der Waals surface area contributed by atoms with Gasteiger partial charge in [0.05, 0.1) is 40.2 Å². The number of fused-ring (bicyclic) bond motifs is 4. The highest BCUT2D eigenvalue weighted by Crippen LogP contribution is 2.31. The van der Waals surface area contributed by atoms with Gasteiger partial charge in [0, 0.05) is 28.6 Å². The molecule has 0 aliphatic heterocycles. The molecule has 7 nitrogen and oxygen atoms in total. The number of rotatable bonds is 3. The van der Waals surface area contributed by atoms with Crippen LogP contribution in [0.1, 0.15) is 5.69 Å². The smallest absolute Gasteiger partial charge is 0.278 e. The van der Waals surface area contributed by atoms with Gasteiger partial charge in [-0.2, -0.15) is 10.2 Å². The second-order valence-electron chi connectivity index (χ2n) is 7.44. The van der Waals surface area contributed by atoms with Crippen molar-refractivity contribution in [2.75, 3.05) is 0 Å². The molecule has 0 saturated heterocycles. The quantitative estimate of drug-likeness (QED) is 0.437. The molecule has 2 aromatic carbocycles. The van der Waals surface area contributed by atoms with Crippen LogP contribution in [0.4, 0.5) is 4.39 Å². The van der Waals surface area contributed by atoms with Gasteiger partial charge < -0.3 is 0 Å². The van der Waals surface area contributed by atoms with Crippen molar-refractivity contribution in [3.63, 3.8) is 0 Å². The summed E-state index contributed by atoms with van der Waals surface area (Å²) in [5, 5.41) is 13.3. The minimum absolute atomic E-state index is 0.0646. The van der Waals surface area contributed by atoms with Gasteiger partial charge in [-0.15, -0.1) is 0 Å². The Kier molecular flexibility index (Phi) is 4.09. The Labute approximate surface area is 184 Å². The van der Waals surface area contributed by atoms with Crippen molar-refractivity contribution in [3.05, 3.63) is 94.0 Å². The Balaban J connectivity index is 1.70. The molecule has 0 spiro atoms. The molecule has 0 amide bonds. The summed E-state index contributed by atoms with van der Waals surface area (Å²) in [5.41, 5.74) is 2.56. The van der Waals surface area contributed by atoms with E-state index >= 15 is 0 Å². The summed E-state index contributed by atoms with van der Waals surface area (Å²) in [5.74, 6) is -0.565. The van der Waals surface area contributed by atoms with Gasteiger partial charge in [0.2, 0.25) is 0 Å². The molecule has 0 radical (unpaired) electrons. The predicted molar refractivity (Wildman–Crippen MR) is 121 cm³/mol. The largest absolute Gasteiger partial charge is 0.284 e. The van der Waals surface area contributed by atoms with Gasteiger partial charge in [0.25, 0.3) is 5.56 Å². The number of H-pyrrole nitrogens is 1. The van der Waals surface area contributed by atoms with Crippen LogP contribution in [0.3, 0.4) is 0 Å². The average Bonchev–Trinajstić information content (AvgIpc) is 3.44. The topological polar surface area (TPSA) is 81.4 Å². The van der Waals surface area contributed by atoms with Gasteiger partial charge in [-0.1, -0.05) is 23.7 Å². The highest BCUT2D eigenvalue weighted by molar-refractivity contribution is 6.31. The Morgan fingerprint density at radius 2 is 1.97 bits per heavy atom. The molecular formula is C23H14ClFN6O. The fourth-order valence-corrected chi connectivity index (χ4v) is 4.21. The summed E-state index contributed by atoms with van der Waals surface area (Å²) in [6.45, 7) is 0.379. The van der Waals surface area contributed by atoms with E-state index < -0.39 is 5.82 Å². The number of hydrogen-bond donors (Lipinski definition) is 1. The molecule has 32 heavy (non-hydrogen) atoms. The van der Waals surface area contributed by atoms with E-state index in [2.05, 4.69) is 20.3 Å². The van der Waals surface area contributed by atoms with Crippen molar-refractivity contribution in [2.45, 2.75) is 6.54 Å². The first kappa shape index (κ1) is 18.7. The number of halogens is 2. The Bertz CT molecular complexity index is 1700. The molecule has 0 atom stereocenters. The first-order valence-electron chi connectivity index (χ1n) is 9.83. The molecule has 0 saturated carbocycles. The molecule has 1 N–H and O–H groups in total. The molecule has 4 aromatic heterocycles. The van der Waals surface area contributed by atoms with Crippen molar-refractivity contribution >= 4 is 44.3 Å². The van der Waals surface area contributed by atoms with Crippen LogP contribution in [0.5, 0.6) is 0 Å². The summed E-state index contributed by atoms with van der Waals surface area (Å²) in [6, 6.07) is 13.9. The van der Waals surface area contributed by atoms with E-state index in [-0.39, 0.29) is 16.1 Å². The summed E-state index contributed by atoms with van der Waals surface area (Å²) in [7, 11) is 0. The monoisotopic (exact) mass is 444 g/mol. The van der Waals surface area contributed by atoms with E-state index in [4.69, 9.17) is 11.6 Å². The van der Waals surface area contributed by atoms with Crippen LogP contribution in [-0.4, -0.2) is 29.5 Å². The zero-order valence-corrected chi connectivity index (χ0v) is 17.2. The van der Waals surface area contributed by atoms with Crippen molar-refractivity contribution < 1.29 is 4.39 Å². The van der Waals surface area contributed by atoms with Gasteiger partial charge in [-0.3, -0.25) is 24.1 Å². The number of nitrogens with one attached hydrogen (secondary N) is 1. The van der Waals surface area contributed by atoms with Crippen molar-refractivity contribution in [3.8, 4) is 5.69 Å². The SMILES string of the molecule is O=c1c2nn(Cc3ccccn3)cc2c2cc(F)c(Cl)cc2n1-c1cccc2[nH]ncc12. The predicted octanol–water partition coefficient (Wildman–Crippen LogP) is 4.45. The molecule has 0 fully saturated rings. The van der Waals surface area contributed by atoms with E-state index in [1.165, 1.54) is 16.7 Å². The lowest BCUT2D eigenvalue weighted by Gasteiger charge is -2.12. The van der Waals surface area contributed by atoms with Crippen LogP contribution in [-0.2, 0) is 6.54 Å². The molecule has 6 aromatic rings. The van der Waals surface area contributed by atoms with Crippen LogP contribution in [0.15, 0.2) is 71.9 Å². The van der Waals surface area contributed by atoms with E-state index in [1.807, 2.05) is 36.4 Å². The fraction of sp³-hybridized carbons (Fsp3) is 0.0435. The number of aromatic nitrogens is 6. The third-order valence-electron chi connectivity index (χ3n) is 5.49. The third kappa shape index (κ3) is 2.80. The van der Waals surface area contributed by atoms with Gasteiger partial charge in [0.15, 0.2) is 5.52 Å². The normalized spacial score (nSPS) is 11.7. The van der Waals surface area contributed by atoms with Gasteiger partial charge in [0.1, 0.15) is 5.82 Å². The lowest BCUT2D eigenvalue weighted by atomic mass is 10.1. The first-order chi connectivity index (χ1) is 15.6. The molecule has 6 rings (SSSR count). The highest BCUT2D eigenvalue weighted by atomic mass is 35.5. The van der Waals surface area contributed by atoms with E-state index in [0.29, 0.717) is 28.5 Å². The minimum atomic E-state index is -0.565. The maximum absolute atomic E-state index is 14.5. The van der Waals surface area contributed by atoms with Crippen LogP contribution >= 0.6 is 11.6 Å². The lowest BCUT2D eigenvalue weighted by Crippen LogP contribution is -2.20. The number of nitrogens with zero attached hydrogens (tertiary/aromatic N) is 5. The molecular weight excluding hydrogens is 431 g/mol. The molecule has 4 heterocycles. The van der Waals surface area contributed by atoms with E-state index in [1.54, 1.807) is 23.3 Å². The molecule has 9 heteroatoms. The highest BCUT2D eigenvalue weighted by Gasteiger charge is 2.19. The van der Waals surface area contributed by atoms with Gasteiger partial charge in [-0.25, -0.2) is 4.39 Å². The van der Waals surface area contributed by atoms with Crippen LogP contribution in [0.25, 0.3) is 38.4 Å². The number of hydrogen-bond acceptors (Lipinski definition) is 4. The third-order valence-corrected chi connectivity index (χ3v) is 5.78. The summed E-state index contributed by atoms with van der Waals surface area (Å²) in [4.78, 5) is 18.0. The maximum atomic E-state index is 14.5. The minimum Gasteiger partial charge on any atom is -0.278 e. The Morgan fingerprint density at radius 1 is 1.06 bits per heavy atom. The zero-order chi connectivity index (χ0) is 21.8. The average molecular weight is 445 g/mol.